The fourth-order valence-electron chi connectivity index (χ4n) is 4.16. The summed E-state index contributed by atoms with van der Waals surface area (Å²) in [6.07, 6.45) is -3.41. The molecule has 0 atom stereocenters. The topological polar surface area (TPSA) is 58.6 Å². The van der Waals surface area contributed by atoms with E-state index in [2.05, 4.69) is 19.2 Å². The van der Waals surface area contributed by atoms with E-state index in [1.807, 2.05) is 0 Å². The molecule has 1 N–H and O–H groups in total. The molecule has 3 rings (SSSR count). The highest BCUT2D eigenvalue weighted by molar-refractivity contribution is 6.20. The van der Waals surface area contributed by atoms with E-state index in [9.17, 15) is 27.2 Å². The zero-order chi connectivity index (χ0) is 31.4. The first kappa shape index (κ1) is 34.0. The summed E-state index contributed by atoms with van der Waals surface area (Å²) in [5.74, 6) is -3.68. The van der Waals surface area contributed by atoms with Gasteiger partial charge in [0.05, 0.1) is 18.2 Å². The van der Waals surface area contributed by atoms with E-state index < -0.39 is 47.3 Å². The van der Waals surface area contributed by atoms with Crippen molar-refractivity contribution < 1.29 is 36.3 Å². The third-order valence-electron chi connectivity index (χ3n) is 5.98. The summed E-state index contributed by atoms with van der Waals surface area (Å²) in [4.78, 5) is 26.9. The van der Waals surface area contributed by atoms with Gasteiger partial charge in [-0.05, 0) is 37.1 Å². The molecule has 3 aromatic carbocycles. The lowest BCUT2D eigenvalue weighted by molar-refractivity contribution is -0.139. The van der Waals surface area contributed by atoms with E-state index in [-0.39, 0.29) is 35.5 Å². The summed E-state index contributed by atoms with van der Waals surface area (Å²) in [6, 6.07) is 15.5. The summed E-state index contributed by atoms with van der Waals surface area (Å²) in [6.45, 7) is 5.93. The van der Waals surface area contributed by atoms with Gasteiger partial charge in [-0.25, -0.2) is 8.78 Å². The van der Waals surface area contributed by atoms with Crippen molar-refractivity contribution in [3.8, 4) is 5.75 Å². The van der Waals surface area contributed by atoms with Crippen LogP contribution < -0.4 is 10.1 Å². The van der Waals surface area contributed by atoms with E-state index in [1.165, 1.54) is 45.6 Å². The van der Waals surface area contributed by atoms with Gasteiger partial charge in [-0.1, -0.05) is 68.8 Å². The van der Waals surface area contributed by atoms with Crippen molar-refractivity contribution >= 4 is 17.4 Å². The van der Waals surface area contributed by atoms with Crippen LogP contribution in [0.1, 0.15) is 56.4 Å². The summed E-state index contributed by atoms with van der Waals surface area (Å²) < 4.78 is 76.5. The molecule has 10 heteroatoms. The van der Waals surface area contributed by atoms with Crippen LogP contribution in [0.4, 0.5) is 22.0 Å². The Morgan fingerprint density at radius 1 is 0.905 bits per heavy atom. The van der Waals surface area contributed by atoms with Gasteiger partial charge >= 0.3 is 6.18 Å². The number of hydrogen-bond acceptors (Lipinski definition) is 3. The lowest BCUT2D eigenvalue weighted by Crippen LogP contribution is -2.36. The molecule has 0 aliphatic carbocycles. The Morgan fingerprint density at radius 2 is 1.52 bits per heavy atom. The van der Waals surface area contributed by atoms with Gasteiger partial charge in [0.15, 0.2) is 11.6 Å². The molecule has 0 saturated carbocycles. The van der Waals surface area contributed by atoms with Crippen LogP contribution in [0.3, 0.4) is 0 Å². The SMILES string of the molecule is CCC.COc1cccc(/C(C(=O)N(CCc2ccccc2)Cc2c(F)cccc2C(F)(F)F)=C(\C)NC(C)=O)c1F. The number of nitrogens with one attached hydrogen (secondary N) is 1. The van der Waals surface area contributed by atoms with Crippen molar-refractivity contribution in [3.05, 3.63) is 106 Å². The van der Waals surface area contributed by atoms with Crippen molar-refractivity contribution in [3.63, 3.8) is 0 Å². The minimum atomic E-state index is -4.88. The normalized spacial score (nSPS) is 11.6. The van der Waals surface area contributed by atoms with Gasteiger partial charge in [0.1, 0.15) is 5.82 Å². The monoisotopic (exact) mass is 590 g/mol. The second-order valence-electron chi connectivity index (χ2n) is 9.44. The highest BCUT2D eigenvalue weighted by Crippen LogP contribution is 2.35. The number of alkyl halides is 3. The lowest BCUT2D eigenvalue weighted by atomic mass is 9.99. The van der Waals surface area contributed by atoms with E-state index in [0.29, 0.717) is 0 Å². The van der Waals surface area contributed by atoms with Gasteiger partial charge in [0.2, 0.25) is 5.91 Å². The highest BCUT2D eigenvalue weighted by atomic mass is 19.4. The summed E-state index contributed by atoms with van der Waals surface area (Å²) in [7, 11) is 1.23. The predicted octanol–water partition coefficient (Wildman–Crippen LogP) is 7.55. The minimum Gasteiger partial charge on any atom is -0.494 e. The van der Waals surface area contributed by atoms with Crippen molar-refractivity contribution in [2.45, 2.75) is 53.3 Å². The zero-order valence-electron chi connectivity index (χ0n) is 24.2. The van der Waals surface area contributed by atoms with E-state index in [1.54, 1.807) is 30.3 Å². The Labute approximate surface area is 243 Å². The molecule has 0 unspecified atom stereocenters. The number of rotatable bonds is 9. The van der Waals surface area contributed by atoms with Crippen LogP contribution in [0.5, 0.6) is 5.75 Å². The highest BCUT2D eigenvalue weighted by Gasteiger charge is 2.36. The Balaban J connectivity index is 0.00000197. The number of allylic oxidation sites excluding steroid dienone is 1. The molecule has 0 aromatic heterocycles. The predicted molar refractivity (Wildman–Crippen MR) is 152 cm³/mol. The van der Waals surface area contributed by atoms with E-state index in [0.717, 1.165) is 28.7 Å². The van der Waals surface area contributed by atoms with Crippen molar-refractivity contribution in [2.24, 2.45) is 0 Å². The maximum atomic E-state index is 15.4. The molecule has 0 spiro atoms. The Kier molecular flexibility index (Phi) is 12.7. The van der Waals surface area contributed by atoms with Crippen LogP contribution in [-0.2, 0) is 28.7 Å². The molecule has 0 bridgehead atoms. The molecule has 0 saturated heterocycles. The van der Waals surface area contributed by atoms with Gasteiger partial charge < -0.3 is 15.0 Å². The number of carbonyl (C=O) groups excluding carboxylic acids is 2. The third kappa shape index (κ3) is 9.15. The molecule has 0 fully saturated rings. The first-order valence-electron chi connectivity index (χ1n) is 13.3. The van der Waals surface area contributed by atoms with Crippen LogP contribution in [0.15, 0.2) is 72.4 Å². The number of halogens is 5. The number of hydrogen-bond donors (Lipinski definition) is 1. The van der Waals surface area contributed by atoms with Crippen LogP contribution in [0.2, 0.25) is 0 Å². The van der Waals surface area contributed by atoms with Crippen LogP contribution >= 0.6 is 0 Å². The number of methoxy groups -OCH3 is 1. The average Bonchev–Trinajstić information content (AvgIpc) is 2.92. The summed E-state index contributed by atoms with van der Waals surface area (Å²) in [5, 5.41) is 2.46. The average molecular weight is 591 g/mol. The first-order chi connectivity index (χ1) is 19.8. The largest absolute Gasteiger partial charge is 0.494 e. The number of ether oxygens (including phenoxy) is 1. The van der Waals surface area contributed by atoms with Gasteiger partial charge in [0, 0.05) is 36.8 Å². The van der Waals surface area contributed by atoms with Gasteiger partial charge in [-0.2, -0.15) is 13.2 Å². The smallest absolute Gasteiger partial charge is 0.416 e. The molecule has 0 heterocycles. The van der Waals surface area contributed by atoms with Crippen molar-refractivity contribution in [1.29, 1.82) is 0 Å². The standard InChI is InChI=1S/C29H27F5N2O3.C3H8/c1-18(35-19(2)37)26(21-11-7-14-25(39-3)27(21)31)28(38)36(16-15-20-9-5-4-6-10-20)17-22-23(29(32,33)34)12-8-13-24(22)30;1-3-2/h4-14H,15-17H2,1-3H3,(H,35,37);3H2,1-2H3/b26-18-;. The van der Waals surface area contributed by atoms with Gasteiger partial charge in [-0.15, -0.1) is 0 Å². The second-order valence-corrected chi connectivity index (χ2v) is 9.44. The lowest BCUT2D eigenvalue weighted by Gasteiger charge is -2.27. The Morgan fingerprint density at radius 3 is 2.10 bits per heavy atom. The van der Waals surface area contributed by atoms with Crippen LogP contribution in [0.25, 0.3) is 5.57 Å². The summed E-state index contributed by atoms with van der Waals surface area (Å²) in [5.41, 5.74) is -1.75. The number of carbonyl (C=O) groups is 2. The Hall–Kier alpha value is -4.21. The molecule has 2 amide bonds. The van der Waals surface area contributed by atoms with E-state index in [4.69, 9.17) is 4.74 Å². The van der Waals surface area contributed by atoms with Gasteiger partial charge in [0.25, 0.3) is 5.91 Å². The molecule has 3 aromatic rings. The second kappa shape index (κ2) is 15.7. The fraction of sp³-hybridized carbons (Fsp3) is 0.312. The molecule has 0 aliphatic heterocycles. The number of benzene rings is 3. The molecule has 226 valence electrons. The minimum absolute atomic E-state index is 0.0334. The fourth-order valence-corrected chi connectivity index (χ4v) is 4.16. The molecule has 42 heavy (non-hydrogen) atoms. The molecular formula is C32H35F5N2O3. The Bertz CT molecular complexity index is 1390. The van der Waals surface area contributed by atoms with Crippen LogP contribution in [-0.4, -0.2) is 30.4 Å². The molecular weight excluding hydrogens is 555 g/mol. The summed E-state index contributed by atoms with van der Waals surface area (Å²) >= 11 is 0. The maximum absolute atomic E-state index is 15.4. The van der Waals surface area contributed by atoms with Gasteiger partial charge in [-0.3, -0.25) is 9.59 Å². The third-order valence-corrected chi connectivity index (χ3v) is 5.98. The van der Waals surface area contributed by atoms with Crippen LogP contribution in [0, 0.1) is 11.6 Å². The quantitative estimate of drug-likeness (QED) is 0.207. The zero-order valence-corrected chi connectivity index (χ0v) is 24.2. The number of amides is 2. The molecule has 0 aliphatic rings. The van der Waals surface area contributed by atoms with Crippen molar-refractivity contribution in [2.75, 3.05) is 13.7 Å². The van der Waals surface area contributed by atoms with E-state index >= 15 is 4.39 Å². The first-order valence-corrected chi connectivity index (χ1v) is 13.3. The molecule has 5 nitrogen and oxygen atoms in total. The maximum Gasteiger partial charge on any atom is 0.416 e. The van der Waals surface area contributed by atoms with Crippen molar-refractivity contribution in [1.82, 2.24) is 10.2 Å². The molecule has 0 radical (unpaired) electrons. The number of nitrogens with zero attached hydrogens (tertiary/aromatic N) is 1.